The summed E-state index contributed by atoms with van der Waals surface area (Å²) in [6.07, 6.45) is 10.5. The van der Waals surface area contributed by atoms with E-state index in [9.17, 15) is 22.0 Å². The van der Waals surface area contributed by atoms with E-state index in [0.717, 1.165) is 71.5 Å². The van der Waals surface area contributed by atoms with Crippen LogP contribution in [0.1, 0.15) is 113 Å². The largest absolute Gasteiger partial charge is 0.416 e. The molecule has 2 aliphatic carbocycles. The van der Waals surface area contributed by atoms with E-state index in [0.29, 0.717) is 90.1 Å². The maximum absolute atomic E-state index is 14.0. The van der Waals surface area contributed by atoms with E-state index in [1.165, 1.54) is 79.0 Å². The normalized spacial score (nSPS) is 16.4. The molecule has 0 saturated heterocycles. The fourth-order valence-electron chi connectivity index (χ4n) is 10.1. The van der Waals surface area contributed by atoms with Gasteiger partial charge in [0.2, 0.25) is 5.95 Å². The summed E-state index contributed by atoms with van der Waals surface area (Å²) in [7, 11) is 0. The average Bonchev–Trinajstić information content (AvgIpc) is 4.34. The first-order valence-electron chi connectivity index (χ1n) is 24.8. The zero-order chi connectivity index (χ0) is 48.8. The summed E-state index contributed by atoms with van der Waals surface area (Å²) in [5, 5.41) is 1.13. The third-order valence-electron chi connectivity index (χ3n) is 14.1. The van der Waals surface area contributed by atoms with Crippen LogP contribution >= 0.6 is 0 Å². The van der Waals surface area contributed by atoms with E-state index < -0.39 is 11.7 Å². The zero-order valence-electron chi connectivity index (χ0n) is 39.7. The van der Waals surface area contributed by atoms with E-state index in [4.69, 9.17) is 19.9 Å². The molecule has 362 valence electrons. The highest BCUT2D eigenvalue weighted by Gasteiger charge is 2.33. The molecule has 0 atom stereocenters. The summed E-state index contributed by atoms with van der Waals surface area (Å²) < 4.78 is 69.0. The minimum atomic E-state index is -4.44. The summed E-state index contributed by atoms with van der Waals surface area (Å²) in [4.78, 5) is 38.9. The molecule has 10 nitrogen and oxygen atoms in total. The van der Waals surface area contributed by atoms with Crippen LogP contribution in [0.4, 0.5) is 39.5 Å². The molecule has 71 heavy (non-hydrogen) atoms. The monoisotopic (exact) mass is 960 g/mol. The van der Waals surface area contributed by atoms with E-state index in [1.807, 2.05) is 38.5 Å². The van der Waals surface area contributed by atoms with Crippen LogP contribution in [0, 0.1) is 11.6 Å². The minimum absolute atomic E-state index is 0.207. The highest BCUT2D eigenvalue weighted by atomic mass is 19.4. The van der Waals surface area contributed by atoms with Crippen molar-refractivity contribution < 1.29 is 22.0 Å². The Hall–Kier alpha value is -7.16. The van der Waals surface area contributed by atoms with Gasteiger partial charge in [-0.15, -0.1) is 0 Å². The molecule has 0 amide bonds. The van der Waals surface area contributed by atoms with Gasteiger partial charge in [0.15, 0.2) is 0 Å². The van der Waals surface area contributed by atoms with Crippen molar-refractivity contribution in [2.24, 2.45) is 0 Å². The predicted molar refractivity (Wildman–Crippen MR) is 266 cm³/mol. The second-order valence-corrected chi connectivity index (χ2v) is 19.0. The molecule has 0 bridgehead atoms. The van der Waals surface area contributed by atoms with Gasteiger partial charge in [-0.05, 0) is 119 Å². The molecule has 8 aromatic rings. The van der Waals surface area contributed by atoms with Gasteiger partial charge < -0.3 is 14.7 Å². The van der Waals surface area contributed by atoms with E-state index >= 15 is 0 Å². The lowest BCUT2D eigenvalue weighted by molar-refractivity contribution is -0.137. The third kappa shape index (κ3) is 9.83. The molecule has 0 radical (unpaired) electrons. The quantitative estimate of drug-likeness (QED) is 0.144. The molecular weight excluding hydrogens is 908 g/mol. The number of aromatic nitrogens is 7. The molecule has 0 spiro atoms. The Balaban J connectivity index is 0.000000156. The van der Waals surface area contributed by atoms with Crippen molar-refractivity contribution in [3.63, 3.8) is 0 Å². The Kier molecular flexibility index (Phi) is 12.5. The molecule has 13 rings (SSSR count). The van der Waals surface area contributed by atoms with Crippen molar-refractivity contribution in [3.05, 3.63) is 177 Å². The number of fused-ring (bicyclic) bond motifs is 5. The first kappa shape index (κ1) is 46.2. The zero-order valence-corrected chi connectivity index (χ0v) is 39.7. The summed E-state index contributed by atoms with van der Waals surface area (Å²) in [6, 6.07) is 21.8. The first-order valence-corrected chi connectivity index (χ1v) is 24.8. The van der Waals surface area contributed by atoms with E-state index in [2.05, 4.69) is 47.9 Å². The summed E-state index contributed by atoms with van der Waals surface area (Å²) >= 11 is 0. The van der Waals surface area contributed by atoms with Gasteiger partial charge >= 0.3 is 6.18 Å². The molecule has 0 N–H and O–H groups in total. The average molecular weight is 961 g/mol. The summed E-state index contributed by atoms with van der Waals surface area (Å²) in [5.41, 5.74) is 11.4. The number of anilines is 3. The van der Waals surface area contributed by atoms with Crippen LogP contribution in [-0.2, 0) is 51.5 Å². The van der Waals surface area contributed by atoms with Gasteiger partial charge in [0.05, 0.1) is 16.6 Å². The molecule has 3 aromatic carbocycles. The Labute approximate surface area is 409 Å². The van der Waals surface area contributed by atoms with Crippen LogP contribution in [-0.4, -0.2) is 54.5 Å². The first-order chi connectivity index (χ1) is 34.6. The van der Waals surface area contributed by atoms with Crippen LogP contribution < -0.4 is 14.7 Å². The molecule has 2 saturated carbocycles. The maximum Gasteiger partial charge on any atom is 0.416 e. The maximum atomic E-state index is 14.0. The molecule has 5 aliphatic rings. The Morgan fingerprint density at radius 2 is 1.14 bits per heavy atom. The molecule has 5 aromatic heterocycles. The van der Waals surface area contributed by atoms with Gasteiger partial charge in [0.25, 0.3) is 0 Å². The standard InChI is InChI=1S/C31H29F3N6.C23H18F2N4.C2H6/c32-31(33,34)24-5-6-28-25(13-24)29(39-9-7-26-22(16-39)11-20(14-35-26)18-1-2-18)38-30(37-28)40-10-8-27-23(17-40)12-21(15-36-27)19-3-4-19;24-18-5-6-22-19(11-18)23(28-14-27-22)29-8-7-21-17(13-29)10-15(12-26-21)9-16-3-1-2-4-20(16)25;1-2/h5-6,11-15,18-19H,1-4,7-10,16-17H2;1-6,10-12,14H,7-9,13H2;1-2H3. The Morgan fingerprint density at radius 3 is 1.79 bits per heavy atom. The SMILES string of the molecule is CC.FC(F)(F)c1ccc2nc(N3CCc4ncc(C5CC5)cc4C3)nc(N3CCc4ncc(C5CC5)cc4C3)c2c1.Fc1ccc2ncnc(N3CCc4ncc(Cc5ccccc5F)cc4C3)c2c1. The van der Waals surface area contributed by atoms with Crippen molar-refractivity contribution in [2.45, 2.75) is 103 Å². The van der Waals surface area contributed by atoms with Gasteiger partial charge in [-0.3, -0.25) is 15.0 Å². The molecule has 8 heterocycles. The highest BCUT2D eigenvalue weighted by molar-refractivity contribution is 5.92. The summed E-state index contributed by atoms with van der Waals surface area (Å²) in [5.74, 6) is 2.53. The lowest BCUT2D eigenvalue weighted by atomic mass is 10.00. The van der Waals surface area contributed by atoms with Gasteiger partial charge in [-0.25, -0.2) is 23.7 Å². The second kappa shape index (κ2) is 19.2. The van der Waals surface area contributed by atoms with Gasteiger partial charge in [-0.2, -0.15) is 18.2 Å². The van der Waals surface area contributed by atoms with E-state index in [1.54, 1.807) is 18.2 Å². The molecule has 0 unspecified atom stereocenters. The number of rotatable bonds is 7. The number of alkyl halides is 3. The van der Waals surface area contributed by atoms with Gasteiger partial charge in [-0.1, -0.05) is 50.2 Å². The topological polar surface area (TPSA) is 100.0 Å². The number of halogens is 5. The number of nitrogens with zero attached hydrogens (tertiary/aromatic N) is 10. The van der Waals surface area contributed by atoms with Crippen molar-refractivity contribution in [2.75, 3.05) is 34.3 Å². The molecule has 3 aliphatic heterocycles. The van der Waals surface area contributed by atoms with Gasteiger partial charge in [0, 0.05) is 111 Å². The second-order valence-electron chi connectivity index (χ2n) is 19.0. The number of hydrogen-bond acceptors (Lipinski definition) is 10. The van der Waals surface area contributed by atoms with Crippen molar-refractivity contribution in [1.82, 2.24) is 34.9 Å². The molecule has 15 heteroatoms. The molecule has 2 fully saturated rings. The van der Waals surface area contributed by atoms with E-state index in [-0.39, 0.29) is 11.6 Å². The number of benzene rings is 3. The third-order valence-corrected chi connectivity index (χ3v) is 14.1. The fourth-order valence-corrected chi connectivity index (χ4v) is 10.1. The van der Waals surface area contributed by atoms with Crippen LogP contribution in [0.15, 0.2) is 104 Å². The highest BCUT2D eigenvalue weighted by Crippen LogP contribution is 2.43. The summed E-state index contributed by atoms with van der Waals surface area (Å²) in [6.45, 7) is 7.94. The fraction of sp³-hybridized carbons (Fsp3) is 0.339. The number of pyridine rings is 3. The lowest BCUT2D eigenvalue weighted by Crippen LogP contribution is -2.35. The minimum Gasteiger partial charge on any atom is -0.351 e. The van der Waals surface area contributed by atoms with Crippen molar-refractivity contribution >= 4 is 39.4 Å². The molecular formula is C56H53F5N10. The predicted octanol–water partition coefficient (Wildman–Crippen LogP) is 11.8. The van der Waals surface area contributed by atoms with Crippen LogP contribution in [0.5, 0.6) is 0 Å². The van der Waals surface area contributed by atoms with Crippen LogP contribution in [0.3, 0.4) is 0 Å². The Bertz CT molecular complexity index is 3280. The van der Waals surface area contributed by atoms with Gasteiger partial charge in [0.1, 0.15) is 29.6 Å². The lowest BCUT2D eigenvalue weighted by Gasteiger charge is -2.33. The van der Waals surface area contributed by atoms with Crippen LogP contribution in [0.25, 0.3) is 21.8 Å². The number of hydrogen-bond donors (Lipinski definition) is 0. The van der Waals surface area contributed by atoms with Crippen molar-refractivity contribution in [1.29, 1.82) is 0 Å². The Morgan fingerprint density at radius 1 is 0.563 bits per heavy atom. The van der Waals surface area contributed by atoms with Crippen LogP contribution in [0.2, 0.25) is 0 Å². The van der Waals surface area contributed by atoms with Crippen molar-refractivity contribution in [3.8, 4) is 0 Å². The smallest absolute Gasteiger partial charge is 0.351 e.